The van der Waals surface area contributed by atoms with Crippen LogP contribution >= 0.6 is 0 Å². The smallest absolute Gasteiger partial charge is 0.252 e. The van der Waals surface area contributed by atoms with Gasteiger partial charge in [-0.2, -0.15) is 0 Å². The van der Waals surface area contributed by atoms with Gasteiger partial charge >= 0.3 is 0 Å². The number of pyridine rings is 1. The highest BCUT2D eigenvalue weighted by molar-refractivity contribution is 6.10. The second-order valence-corrected chi connectivity index (χ2v) is 5.13. The molecule has 1 atom stereocenters. The molecule has 6 heteroatoms. The summed E-state index contributed by atoms with van der Waals surface area (Å²) in [5.74, 6) is -0.436. The minimum Gasteiger partial charge on any atom is -0.383 e. The van der Waals surface area contributed by atoms with Gasteiger partial charge in [0, 0.05) is 23.4 Å². The Balaban J connectivity index is 2.49. The summed E-state index contributed by atoms with van der Waals surface area (Å²) in [5.41, 5.74) is 19.0. The second-order valence-electron chi connectivity index (χ2n) is 5.13. The van der Waals surface area contributed by atoms with Crippen LogP contribution in [-0.4, -0.2) is 22.0 Å². The summed E-state index contributed by atoms with van der Waals surface area (Å²) in [6.45, 7) is 2.50. The maximum absolute atomic E-state index is 11.5. The van der Waals surface area contributed by atoms with Crippen molar-refractivity contribution in [2.45, 2.75) is 13.0 Å². The lowest BCUT2D eigenvalue weighted by Gasteiger charge is -2.14. The SMILES string of the molecule is CC(CN)n1c2ccccc2c2cc(C(N)=O)c(N)nc21. The van der Waals surface area contributed by atoms with Gasteiger partial charge in [-0.1, -0.05) is 18.2 Å². The first-order valence-electron chi connectivity index (χ1n) is 6.73. The monoisotopic (exact) mass is 283 g/mol. The van der Waals surface area contributed by atoms with Crippen LogP contribution in [0, 0.1) is 0 Å². The van der Waals surface area contributed by atoms with Crippen LogP contribution in [0.25, 0.3) is 21.9 Å². The first-order valence-corrected chi connectivity index (χ1v) is 6.73. The quantitative estimate of drug-likeness (QED) is 0.674. The van der Waals surface area contributed by atoms with Crippen LogP contribution in [-0.2, 0) is 0 Å². The number of carbonyl (C=O) groups excluding carboxylic acids is 1. The van der Waals surface area contributed by atoms with Gasteiger partial charge in [0.1, 0.15) is 11.5 Å². The highest BCUT2D eigenvalue weighted by atomic mass is 16.1. The number of fused-ring (bicyclic) bond motifs is 3. The number of nitrogens with two attached hydrogens (primary N) is 3. The van der Waals surface area contributed by atoms with Crippen LogP contribution in [0.5, 0.6) is 0 Å². The molecular weight excluding hydrogens is 266 g/mol. The van der Waals surface area contributed by atoms with Crippen molar-refractivity contribution in [3.05, 3.63) is 35.9 Å². The van der Waals surface area contributed by atoms with Crippen molar-refractivity contribution in [1.29, 1.82) is 0 Å². The lowest BCUT2D eigenvalue weighted by molar-refractivity contribution is 0.100. The summed E-state index contributed by atoms with van der Waals surface area (Å²) in [5, 5.41) is 1.86. The molecule has 1 amide bonds. The van der Waals surface area contributed by atoms with Gasteiger partial charge in [-0.3, -0.25) is 4.79 Å². The molecule has 1 unspecified atom stereocenters. The van der Waals surface area contributed by atoms with Crippen molar-refractivity contribution in [2.75, 3.05) is 12.3 Å². The molecule has 0 spiro atoms. The molecule has 0 aliphatic rings. The fraction of sp³-hybridized carbons (Fsp3) is 0.200. The molecule has 6 N–H and O–H groups in total. The largest absolute Gasteiger partial charge is 0.383 e. The summed E-state index contributed by atoms with van der Waals surface area (Å²) in [6, 6.07) is 9.67. The molecule has 0 saturated carbocycles. The van der Waals surface area contributed by atoms with Crippen molar-refractivity contribution < 1.29 is 4.79 Å². The first-order chi connectivity index (χ1) is 10.0. The molecule has 6 nitrogen and oxygen atoms in total. The van der Waals surface area contributed by atoms with E-state index in [9.17, 15) is 4.79 Å². The normalized spacial score (nSPS) is 12.9. The number of hydrogen-bond donors (Lipinski definition) is 3. The topological polar surface area (TPSA) is 113 Å². The second kappa shape index (κ2) is 4.75. The van der Waals surface area contributed by atoms with Crippen LogP contribution in [0.1, 0.15) is 23.3 Å². The summed E-state index contributed by atoms with van der Waals surface area (Å²) < 4.78 is 2.05. The van der Waals surface area contributed by atoms with E-state index in [1.54, 1.807) is 6.07 Å². The first kappa shape index (κ1) is 13.4. The number of aromatic nitrogens is 2. The van der Waals surface area contributed by atoms with Crippen molar-refractivity contribution in [3.63, 3.8) is 0 Å². The minimum absolute atomic E-state index is 0.0683. The number of amides is 1. The summed E-state index contributed by atoms with van der Waals surface area (Å²) in [6.07, 6.45) is 0. The number of benzene rings is 1. The van der Waals surface area contributed by atoms with Crippen molar-refractivity contribution >= 4 is 33.7 Å². The molecule has 0 aliphatic carbocycles. The third-order valence-electron chi connectivity index (χ3n) is 3.76. The van der Waals surface area contributed by atoms with Gasteiger partial charge in [-0.25, -0.2) is 4.98 Å². The summed E-state index contributed by atoms with van der Waals surface area (Å²) in [4.78, 5) is 15.9. The van der Waals surface area contributed by atoms with Gasteiger partial charge in [0.2, 0.25) is 0 Å². The Bertz CT molecular complexity index is 852. The zero-order valence-electron chi connectivity index (χ0n) is 11.7. The lowest BCUT2D eigenvalue weighted by Crippen LogP contribution is -2.17. The van der Waals surface area contributed by atoms with Crippen LogP contribution < -0.4 is 17.2 Å². The van der Waals surface area contributed by atoms with Crippen LogP contribution in [0.15, 0.2) is 30.3 Å². The number of nitrogens with zero attached hydrogens (tertiary/aromatic N) is 2. The highest BCUT2D eigenvalue weighted by Crippen LogP contribution is 2.32. The van der Waals surface area contributed by atoms with Gasteiger partial charge < -0.3 is 21.8 Å². The molecule has 1 aromatic carbocycles. The van der Waals surface area contributed by atoms with Crippen molar-refractivity contribution in [3.8, 4) is 0 Å². The van der Waals surface area contributed by atoms with Gasteiger partial charge in [0.15, 0.2) is 0 Å². The third-order valence-corrected chi connectivity index (χ3v) is 3.76. The Morgan fingerprint density at radius 2 is 2.05 bits per heavy atom. The number of para-hydroxylation sites is 1. The predicted molar refractivity (Wildman–Crippen MR) is 83.9 cm³/mol. The molecule has 0 aliphatic heterocycles. The number of anilines is 1. The fourth-order valence-electron chi connectivity index (χ4n) is 2.67. The molecule has 108 valence electrons. The van der Waals surface area contributed by atoms with E-state index in [0.717, 1.165) is 21.9 Å². The van der Waals surface area contributed by atoms with Crippen LogP contribution in [0.3, 0.4) is 0 Å². The lowest BCUT2D eigenvalue weighted by atomic mass is 10.1. The van der Waals surface area contributed by atoms with E-state index in [4.69, 9.17) is 17.2 Å². The summed E-state index contributed by atoms with van der Waals surface area (Å²) in [7, 11) is 0. The van der Waals surface area contributed by atoms with Gasteiger partial charge in [-0.05, 0) is 19.1 Å². The maximum atomic E-state index is 11.5. The molecule has 0 radical (unpaired) electrons. The van der Waals surface area contributed by atoms with Gasteiger partial charge in [0.05, 0.1) is 11.1 Å². The van der Waals surface area contributed by atoms with E-state index in [-0.39, 0.29) is 17.4 Å². The maximum Gasteiger partial charge on any atom is 0.252 e. The van der Waals surface area contributed by atoms with E-state index < -0.39 is 5.91 Å². The average molecular weight is 283 g/mol. The van der Waals surface area contributed by atoms with E-state index in [0.29, 0.717) is 6.54 Å². The minimum atomic E-state index is -0.578. The standard InChI is InChI=1S/C15H17N5O/c1-8(7-16)20-12-5-3-2-4-9(12)10-6-11(14(18)21)13(17)19-15(10)20/h2-6,8H,7,16H2,1H3,(H2,17,19)(H2,18,21). The number of nitrogen functional groups attached to an aromatic ring is 1. The number of rotatable bonds is 3. The number of hydrogen-bond acceptors (Lipinski definition) is 4. The molecule has 3 rings (SSSR count). The zero-order chi connectivity index (χ0) is 15.1. The Morgan fingerprint density at radius 1 is 1.33 bits per heavy atom. The van der Waals surface area contributed by atoms with Gasteiger partial charge in [0.25, 0.3) is 5.91 Å². The molecule has 3 aromatic rings. The molecule has 21 heavy (non-hydrogen) atoms. The Kier molecular flexibility index (Phi) is 3.03. The average Bonchev–Trinajstić information content (AvgIpc) is 2.78. The van der Waals surface area contributed by atoms with E-state index >= 15 is 0 Å². The fourth-order valence-corrected chi connectivity index (χ4v) is 2.67. The highest BCUT2D eigenvalue weighted by Gasteiger charge is 2.18. The van der Waals surface area contributed by atoms with Crippen LogP contribution in [0.4, 0.5) is 5.82 Å². The molecule has 0 bridgehead atoms. The Labute approximate surface area is 121 Å². The Hall–Kier alpha value is -2.60. The Morgan fingerprint density at radius 3 is 2.71 bits per heavy atom. The molecule has 2 aromatic heterocycles. The van der Waals surface area contributed by atoms with E-state index in [2.05, 4.69) is 4.98 Å². The van der Waals surface area contributed by atoms with Gasteiger partial charge in [-0.15, -0.1) is 0 Å². The molecule has 0 saturated heterocycles. The predicted octanol–water partition coefficient (Wildman–Crippen LogP) is 1.39. The van der Waals surface area contributed by atoms with Crippen LogP contribution in [0.2, 0.25) is 0 Å². The van der Waals surface area contributed by atoms with E-state index in [1.165, 1.54) is 0 Å². The van der Waals surface area contributed by atoms with Crippen molar-refractivity contribution in [2.24, 2.45) is 11.5 Å². The molecule has 0 fully saturated rings. The molecular formula is C15H17N5O. The van der Waals surface area contributed by atoms with Crippen molar-refractivity contribution in [1.82, 2.24) is 9.55 Å². The molecule has 2 heterocycles. The number of primary amides is 1. The number of carbonyl (C=O) groups is 1. The summed E-state index contributed by atoms with van der Waals surface area (Å²) >= 11 is 0. The zero-order valence-corrected chi connectivity index (χ0v) is 11.7. The van der Waals surface area contributed by atoms with E-state index in [1.807, 2.05) is 35.8 Å². The third kappa shape index (κ3) is 1.92.